The van der Waals surface area contributed by atoms with Crippen LogP contribution in [0.25, 0.3) is 10.6 Å². The van der Waals surface area contributed by atoms with Gasteiger partial charge in [-0.1, -0.05) is 11.6 Å². The Hall–Kier alpha value is -1.67. The molecule has 1 aliphatic heterocycles. The van der Waals surface area contributed by atoms with Crippen molar-refractivity contribution in [1.82, 2.24) is 9.88 Å². The first-order valence-corrected chi connectivity index (χ1v) is 8.81. The van der Waals surface area contributed by atoms with Crippen LogP contribution in [-0.4, -0.2) is 60.4 Å². The van der Waals surface area contributed by atoms with Crippen LogP contribution in [0.5, 0.6) is 5.75 Å². The molecule has 0 atom stereocenters. The highest BCUT2D eigenvalue weighted by Crippen LogP contribution is 2.34. The lowest BCUT2D eigenvalue weighted by Crippen LogP contribution is -2.38. The number of halogens is 1. The van der Waals surface area contributed by atoms with Crippen molar-refractivity contribution in [2.75, 3.05) is 39.5 Å². The van der Waals surface area contributed by atoms with Gasteiger partial charge in [-0.15, -0.1) is 11.3 Å². The molecule has 0 bridgehead atoms. The van der Waals surface area contributed by atoms with Gasteiger partial charge < -0.3 is 14.6 Å². The second kappa shape index (κ2) is 7.94. The fourth-order valence-corrected chi connectivity index (χ4v) is 3.39. The molecular formula is C16H17ClN2O4S. The van der Waals surface area contributed by atoms with Crippen LogP contribution in [-0.2, 0) is 4.74 Å². The topological polar surface area (TPSA) is 71.9 Å². The number of ether oxygens (including phenoxy) is 2. The van der Waals surface area contributed by atoms with E-state index in [0.717, 1.165) is 32.8 Å². The van der Waals surface area contributed by atoms with Gasteiger partial charge >= 0.3 is 5.97 Å². The summed E-state index contributed by atoms with van der Waals surface area (Å²) in [7, 11) is 0. The molecule has 1 N–H and O–H groups in total. The van der Waals surface area contributed by atoms with Gasteiger partial charge in [0.25, 0.3) is 0 Å². The normalized spacial score (nSPS) is 15.4. The number of thiazole rings is 1. The number of carboxylic acid groups (broad SMARTS) is 1. The highest BCUT2D eigenvalue weighted by atomic mass is 35.5. The Morgan fingerprint density at radius 1 is 1.42 bits per heavy atom. The summed E-state index contributed by atoms with van der Waals surface area (Å²) in [5.74, 6) is -0.395. The zero-order chi connectivity index (χ0) is 16.9. The second-order valence-electron chi connectivity index (χ2n) is 5.29. The lowest BCUT2D eigenvalue weighted by molar-refractivity contribution is 0.0323. The molecule has 1 aromatic carbocycles. The van der Waals surface area contributed by atoms with Crippen LogP contribution in [0.15, 0.2) is 23.6 Å². The Morgan fingerprint density at radius 3 is 2.92 bits per heavy atom. The SMILES string of the molecule is O=C(O)c1csc(-c2cc(Cl)ccc2OCCN2CCOCC2)n1. The summed E-state index contributed by atoms with van der Waals surface area (Å²) in [5, 5.41) is 11.7. The molecule has 1 fully saturated rings. The first-order chi connectivity index (χ1) is 11.6. The quantitative estimate of drug-likeness (QED) is 0.845. The zero-order valence-electron chi connectivity index (χ0n) is 12.9. The summed E-state index contributed by atoms with van der Waals surface area (Å²) in [5.41, 5.74) is 0.733. The number of rotatable bonds is 6. The number of morpholine rings is 1. The van der Waals surface area contributed by atoms with Gasteiger partial charge in [0.05, 0.1) is 18.8 Å². The molecule has 1 saturated heterocycles. The summed E-state index contributed by atoms with van der Waals surface area (Å²) in [4.78, 5) is 17.4. The summed E-state index contributed by atoms with van der Waals surface area (Å²) in [6, 6.07) is 5.29. The minimum atomic E-state index is -1.05. The van der Waals surface area contributed by atoms with Crippen molar-refractivity contribution in [1.29, 1.82) is 0 Å². The molecule has 8 heteroatoms. The van der Waals surface area contributed by atoms with Crippen LogP contribution in [0.3, 0.4) is 0 Å². The maximum atomic E-state index is 11.0. The molecule has 0 unspecified atom stereocenters. The predicted molar refractivity (Wildman–Crippen MR) is 92.3 cm³/mol. The highest BCUT2D eigenvalue weighted by Gasteiger charge is 2.15. The average Bonchev–Trinajstić information content (AvgIpc) is 3.07. The number of hydrogen-bond donors (Lipinski definition) is 1. The first kappa shape index (κ1) is 17.2. The van der Waals surface area contributed by atoms with Crippen LogP contribution in [0.4, 0.5) is 0 Å². The van der Waals surface area contributed by atoms with Gasteiger partial charge in [0.15, 0.2) is 5.69 Å². The molecule has 128 valence electrons. The molecule has 6 nitrogen and oxygen atoms in total. The fraction of sp³-hybridized carbons (Fsp3) is 0.375. The predicted octanol–water partition coefficient (Wildman–Crippen LogP) is 2.87. The molecule has 3 rings (SSSR count). The Balaban J connectivity index is 1.71. The molecule has 0 amide bonds. The Morgan fingerprint density at radius 2 is 2.21 bits per heavy atom. The fourth-order valence-electron chi connectivity index (χ4n) is 2.40. The van der Waals surface area contributed by atoms with Crippen LogP contribution in [0.2, 0.25) is 5.02 Å². The molecule has 0 aliphatic carbocycles. The molecule has 0 spiro atoms. The van der Waals surface area contributed by atoms with Crippen LogP contribution in [0.1, 0.15) is 10.5 Å². The Labute approximate surface area is 148 Å². The maximum Gasteiger partial charge on any atom is 0.355 e. The molecule has 1 aliphatic rings. The van der Waals surface area contributed by atoms with Crippen LogP contribution >= 0.6 is 22.9 Å². The number of carboxylic acids is 1. The van der Waals surface area contributed by atoms with Crippen LogP contribution < -0.4 is 4.74 Å². The lowest BCUT2D eigenvalue weighted by Gasteiger charge is -2.26. The van der Waals surface area contributed by atoms with Crippen molar-refractivity contribution in [2.45, 2.75) is 0 Å². The number of hydrogen-bond acceptors (Lipinski definition) is 6. The van der Waals surface area contributed by atoms with Crippen molar-refractivity contribution >= 4 is 28.9 Å². The van der Waals surface area contributed by atoms with Gasteiger partial charge in [0.2, 0.25) is 0 Å². The number of benzene rings is 1. The maximum absolute atomic E-state index is 11.0. The van der Waals surface area contributed by atoms with E-state index in [4.69, 9.17) is 26.2 Å². The van der Waals surface area contributed by atoms with E-state index in [-0.39, 0.29) is 5.69 Å². The van der Waals surface area contributed by atoms with Crippen molar-refractivity contribution in [3.8, 4) is 16.3 Å². The zero-order valence-corrected chi connectivity index (χ0v) is 14.5. The molecule has 24 heavy (non-hydrogen) atoms. The Bertz CT molecular complexity index is 716. The third-order valence-electron chi connectivity index (χ3n) is 3.66. The molecular weight excluding hydrogens is 352 g/mol. The number of aromatic carboxylic acids is 1. The summed E-state index contributed by atoms with van der Waals surface area (Å²) >= 11 is 7.33. The monoisotopic (exact) mass is 368 g/mol. The van der Waals surface area contributed by atoms with Crippen LogP contribution in [0, 0.1) is 0 Å². The Kier molecular flexibility index (Phi) is 5.68. The van der Waals surface area contributed by atoms with E-state index in [9.17, 15) is 4.79 Å². The van der Waals surface area contributed by atoms with Gasteiger partial charge in [-0.05, 0) is 18.2 Å². The van der Waals surface area contributed by atoms with E-state index in [2.05, 4.69) is 9.88 Å². The molecule has 2 heterocycles. The van der Waals surface area contributed by atoms with Crippen molar-refractivity contribution < 1.29 is 19.4 Å². The van der Waals surface area contributed by atoms with Crippen molar-refractivity contribution in [2.24, 2.45) is 0 Å². The van der Waals surface area contributed by atoms with E-state index in [1.54, 1.807) is 18.2 Å². The average molecular weight is 369 g/mol. The third kappa shape index (κ3) is 4.24. The standard InChI is InChI=1S/C16H17ClN2O4S/c17-11-1-2-14(23-8-5-19-3-6-22-7-4-19)12(9-11)15-18-13(10-24-15)16(20)21/h1-2,9-10H,3-8H2,(H,20,21). The first-order valence-electron chi connectivity index (χ1n) is 7.55. The molecule has 0 saturated carbocycles. The molecule has 0 radical (unpaired) electrons. The van der Waals surface area contributed by atoms with Crippen molar-refractivity contribution in [3.05, 3.63) is 34.3 Å². The number of carbonyl (C=O) groups is 1. The summed E-state index contributed by atoms with van der Waals surface area (Å²) in [6.45, 7) is 4.67. The van der Waals surface area contributed by atoms with E-state index >= 15 is 0 Å². The van der Waals surface area contributed by atoms with E-state index in [1.165, 1.54) is 16.7 Å². The number of nitrogens with zero attached hydrogens (tertiary/aromatic N) is 2. The van der Waals surface area contributed by atoms with Gasteiger partial charge in [-0.2, -0.15) is 0 Å². The van der Waals surface area contributed by atoms with Crippen molar-refractivity contribution in [3.63, 3.8) is 0 Å². The number of aromatic nitrogens is 1. The molecule has 1 aromatic heterocycles. The van der Waals surface area contributed by atoms with Gasteiger partial charge in [-0.3, -0.25) is 4.90 Å². The highest BCUT2D eigenvalue weighted by molar-refractivity contribution is 7.13. The minimum absolute atomic E-state index is 0.0224. The summed E-state index contributed by atoms with van der Waals surface area (Å²) in [6.07, 6.45) is 0. The smallest absolute Gasteiger partial charge is 0.355 e. The minimum Gasteiger partial charge on any atom is -0.492 e. The second-order valence-corrected chi connectivity index (χ2v) is 6.58. The van der Waals surface area contributed by atoms with Gasteiger partial charge in [-0.25, -0.2) is 9.78 Å². The third-order valence-corrected chi connectivity index (χ3v) is 4.77. The molecule has 2 aromatic rings. The van der Waals surface area contributed by atoms with Gasteiger partial charge in [0.1, 0.15) is 17.4 Å². The lowest BCUT2D eigenvalue weighted by atomic mass is 10.2. The van der Waals surface area contributed by atoms with E-state index in [1.807, 2.05) is 0 Å². The van der Waals surface area contributed by atoms with Gasteiger partial charge in [0, 0.05) is 30.0 Å². The largest absolute Gasteiger partial charge is 0.492 e. The van der Waals surface area contributed by atoms with E-state index < -0.39 is 5.97 Å². The summed E-state index contributed by atoms with van der Waals surface area (Å²) < 4.78 is 11.2. The van der Waals surface area contributed by atoms with E-state index in [0.29, 0.717) is 28.0 Å².